The first-order valence-electron chi connectivity index (χ1n) is 10.7. The molecule has 2 heterocycles. The van der Waals surface area contributed by atoms with E-state index in [0.29, 0.717) is 19.5 Å². The van der Waals surface area contributed by atoms with Crippen LogP contribution in [0.25, 0.3) is 0 Å². The molecule has 0 bridgehead atoms. The van der Waals surface area contributed by atoms with Crippen molar-refractivity contribution in [3.63, 3.8) is 0 Å². The van der Waals surface area contributed by atoms with Crippen molar-refractivity contribution in [2.45, 2.75) is 52.3 Å². The number of ether oxygens (including phenoxy) is 1. The Hall–Kier alpha value is -3.24. The molecule has 0 aliphatic carbocycles. The smallest absolute Gasteiger partial charge is 0.410 e. The molecule has 2 aliphatic heterocycles. The highest BCUT2D eigenvalue weighted by Gasteiger charge is 2.26. The maximum Gasteiger partial charge on any atom is 0.410 e. The van der Waals surface area contributed by atoms with Gasteiger partial charge in [-0.25, -0.2) is 4.79 Å². The summed E-state index contributed by atoms with van der Waals surface area (Å²) >= 11 is 0. The van der Waals surface area contributed by atoms with Crippen LogP contribution in [0.5, 0.6) is 0 Å². The Labute approximate surface area is 204 Å². The fourth-order valence-corrected chi connectivity index (χ4v) is 3.72. The molecule has 0 aromatic heterocycles. The van der Waals surface area contributed by atoms with E-state index in [0.717, 1.165) is 36.2 Å². The van der Waals surface area contributed by atoms with Gasteiger partial charge in [0.25, 0.3) is 11.4 Å². The molecule has 0 saturated carbocycles. The van der Waals surface area contributed by atoms with Gasteiger partial charge in [0.2, 0.25) is 0 Å². The molecule has 0 spiro atoms. The van der Waals surface area contributed by atoms with Crippen LogP contribution in [0.15, 0.2) is 36.4 Å². The number of rotatable bonds is 2. The first kappa shape index (κ1) is 27.0. The molecule has 1 N–H and O–H groups in total. The van der Waals surface area contributed by atoms with Crippen molar-refractivity contribution in [3.8, 4) is 0 Å². The van der Waals surface area contributed by atoms with Gasteiger partial charge in [0.1, 0.15) is 5.60 Å². The van der Waals surface area contributed by atoms with Gasteiger partial charge in [-0.05, 0) is 62.4 Å². The molecule has 10 nitrogen and oxygen atoms in total. The predicted molar refractivity (Wildman–Crippen MR) is 129 cm³/mol. The molecule has 2 aromatic carbocycles. The van der Waals surface area contributed by atoms with E-state index >= 15 is 0 Å². The van der Waals surface area contributed by atoms with Crippen LogP contribution in [-0.2, 0) is 30.7 Å². The standard InChI is InChI=1S/C14H18N2O4.C9H10N2O2.ClH/c1-14(2,3)20-13(17)15-7-6-10-4-5-12(16(18)19)8-11(10)9-15;12-11(13)9-2-1-7-3-4-10-6-8(7)5-9;/h4-5,8H,6-7,9H2,1-3H3;1-2,5,10H,3-4,6H2;1H. The van der Waals surface area contributed by atoms with Crippen molar-refractivity contribution >= 4 is 29.9 Å². The SMILES string of the molecule is CC(C)(C)OC(=O)N1CCc2ccc([N+](=O)[O-])cc2C1.Cl.O=[N+]([O-])c1ccc2c(c1)CNCC2. The van der Waals surface area contributed by atoms with Crippen molar-refractivity contribution < 1.29 is 19.4 Å². The van der Waals surface area contributed by atoms with Crippen molar-refractivity contribution in [2.75, 3.05) is 13.1 Å². The average molecular weight is 493 g/mol. The Morgan fingerprint density at radius 1 is 0.941 bits per heavy atom. The zero-order chi connectivity index (χ0) is 24.2. The van der Waals surface area contributed by atoms with E-state index in [1.807, 2.05) is 26.8 Å². The van der Waals surface area contributed by atoms with Crippen LogP contribution >= 0.6 is 12.4 Å². The zero-order valence-electron chi connectivity index (χ0n) is 19.4. The lowest BCUT2D eigenvalue weighted by Gasteiger charge is -2.31. The Balaban J connectivity index is 0.000000253. The van der Waals surface area contributed by atoms with Crippen LogP contribution in [0.4, 0.5) is 16.2 Å². The Morgan fingerprint density at radius 3 is 2.06 bits per heavy atom. The second kappa shape index (κ2) is 11.3. The van der Waals surface area contributed by atoms with E-state index in [1.165, 1.54) is 17.7 Å². The molecule has 0 unspecified atom stereocenters. The number of carbonyl (C=O) groups is 1. The Morgan fingerprint density at radius 2 is 1.50 bits per heavy atom. The normalized spacial score (nSPS) is 14.4. The highest BCUT2D eigenvalue weighted by Crippen LogP contribution is 2.25. The van der Waals surface area contributed by atoms with E-state index in [1.54, 1.807) is 23.1 Å². The maximum atomic E-state index is 12.0. The van der Waals surface area contributed by atoms with Gasteiger partial charge in [-0.3, -0.25) is 20.2 Å². The first-order valence-corrected chi connectivity index (χ1v) is 10.7. The molecule has 34 heavy (non-hydrogen) atoms. The second-order valence-electron chi connectivity index (χ2n) is 9.00. The minimum Gasteiger partial charge on any atom is -0.444 e. The maximum absolute atomic E-state index is 12.0. The molecule has 2 aromatic rings. The van der Waals surface area contributed by atoms with Gasteiger partial charge in [-0.15, -0.1) is 12.4 Å². The van der Waals surface area contributed by atoms with Crippen LogP contribution in [0, 0.1) is 20.2 Å². The molecule has 0 fully saturated rings. The number of nitrogens with zero attached hydrogens (tertiary/aromatic N) is 3. The number of nitro groups is 2. The third kappa shape index (κ3) is 7.13. The van der Waals surface area contributed by atoms with Gasteiger partial charge in [0.15, 0.2) is 0 Å². The lowest BCUT2D eigenvalue weighted by Crippen LogP contribution is -2.39. The molecule has 0 radical (unpaired) electrons. The van der Waals surface area contributed by atoms with Crippen LogP contribution in [0.3, 0.4) is 0 Å². The van der Waals surface area contributed by atoms with E-state index in [-0.39, 0.29) is 34.8 Å². The van der Waals surface area contributed by atoms with Crippen LogP contribution < -0.4 is 5.32 Å². The van der Waals surface area contributed by atoms with Gasteiger partial charge >= 0.3 is 6.09 Å². The molecule has 0 saturated heterocycles. The lowest BCUT2D eigenvalue weighted by molar-refractivity contribution is -0.385. The zero-order valence-corrected chi connectivity index (χ0v) is 20.2. The minimum atomic E-state index is -0.542. The molecule has 1 amide bonds. The van der Waals surface area contributed by atoms with Crippen molar-refractivity contribution in [2.24, 2.45) is 0 Å². The minimum absolute atomic E-state index is 0. The Kier molecular flexibility index (Phi) is 8.94. The van der Waals surface area contributed by atoms with E-state index in [4.69, 9.17) is 4.74 Å². The van der Waals surface area contributed by atoms with Crippen LogP contribution in [0.1, 0.15) is 43.0 Å². The summed E-state index contributed by atoms with van der Waals surface area (Å²) in [6.07, 6.45) is 1.27. The topological polar surface area (TPSA) is 128 Å². The summed E-state index contributed by atoms with van der Waals surface area (Å²) in [6, 6.07) is 9.88. The van der Waals surface area contributed by atoms with Crippen LogP contribution in [-0.4, -0.2) is 39.5 Å². The van der Waals surface area contributed by atoms with Gasteiger partial charge in [0.05, 0.1) is 9.85 Å². The number of nitro benzene ring substituents is 2. The predicted octanol–water partition coefficient (Wildman–Crippen LogP) is 4.55. The van der Waals surface area contributed by atoms with E-state index in [9.17, 15) is 25.0 Å². The number of hydrogen-bond acceptors (Lipinski definition) is 7. The molecule has 4 rings (SSSR count). The molecule has 0 atom stereocenters. The number of carbonyl (C=O) groups excluding carboxylic acids is 1. The molecule has 2 aliphatic rings. The van der Waals surface area contributed by atoms with Crippen molar-refractivity contribution in [3.05, 3.63) is 78.9 Å². The second-order valence-corrected chi connectivity index (χ2v) is 9.00. The summed E-state index contributed by atoms with van der Waals surface area (Å²) < 4.78 is 5.32. The quantitative estimate of drug-likeness (QED) is 0.481. The third-order valence-corrected chi connectivity index (χ3v) is 5.35. The van der Waals surface area contributed by atoms with E-state index in [2.05, 4.69) is 5.32 Å². The summed E-state index contributed by atoms with van der Waals surface area (Å²) in [5.41, 5.74) is 3.84. The lowest BCUT2D eigenvalue weighted by atomic mass is 9.99. The molecule has 184 valence electrons. The number of halogens is 1. The summed E-state index contributed by atoms with van der Waals surface area (Å²) in [6.45, 7) is 8.07. The van der Waals surface area contributed by atoms with E-state index < -0.39 is 10.5 Å². The van der Waals surface area contributed by atoms with Gasteiger partial charge in [-0.1, -0.05) is 12.1 Å². The molecular formula is C23H29ClN4O6. The summed E-state index contributed by atoms with van der Waals surface area (Å²) in [4.78, 5) is 34.1. The fraction of sp³-hybridized carbons (Fsp3) is 0.435. The third-order valence-electron chi connectivity index (χ3n) is 5.35. The number of amides is 1. The number of benzene rings is 2. The highest BCUT2D eigenvalue weighted by molar-refractivity contribution is 5.85. The number of nitrogens with one attached hydrogen (secondary N) is 1. The summed E-state index contributed by atoms with van der Waals surface area (Å²) in [5.74, 6) is 0. The van der Waals surface area contributed by atoms with Crippen molar-refractivity contribution in [1.29, 1.82) is 0 Å². The van der Waals surface area contributed by atoms with Gasteiger partial charge < -0.3 is 15.0 Å². The largest absolute Gasteiger partial charge is 0.444 e. The number of hydrogen-bond donors (Lipinski definition) is 1. The van der Waals surface area contributed by atoms with Gasteiger partial charge in [-0.2, -0.15) is 0 Å². The number of fused-ring (bicyclic) bond motifs is 2. The van der Waals surface area contributed by atoms with Crippen LogP contribution in [0.2, 0.25) is 0 Å². The fourth-order valence-electron chi connectivity index (χ4n) is 3.72. The van der Waals surface area contributed by atoms with Gasteiger partial charge in [0, 0.05) is 43.9 Å². The highest BCUT2D eigenvalue weighted by atomic mass is 35.5. The monoisotopic (exact) mass is 492 g/mol. The molecular weight excluding hydrogens is 464 g/mol. The number of non-ortho nitro benzene ring substituents is 2. The molecule has 11 heteroatoms. The Bertz CT molecular complexity index is 1070. The summed E-state index contributed by atoms with van der Waals surface area (Å²) in [5, 5.41) is 24.4. The average Bonchev–Trinajstić information content (AvgIpc) is 2.77. The first-order chi connectivity index (χ1) is 15.5. The van der Waals surface area contributed by atoms with Crippen molar-refractivity contribution in [1.82, 2.24) is 10.2 Å². The summed E-state index contributed by atoms with van der Waals surface area (Å²) in [7, 11) is 0.